The minimum Gasteiger partial charge on any atom is -0.497 e. The predicted molar refractivity (Wildman–Crippen MR) is 130 cm³/mol. The van der Waals surface area contributed by atoms with Crippen molar-refractivity contribution in [1.29, 1.82) is 0 Å². The Morgan fingerprint density at radius 3 is 2.06 bits per heavy atom. The van der Waals surface area contributed by atoms with Crippen LogP contribution in [0.1, 0.15) is 22.7 Å². The van der Waals surface area contributed by atoms with E-state index in [1.807, 2.05) is 78.9 Å². The fraction of sp³-hybridized carbons (Fsp3) is 0.200. The highest BCUT2D eigenvalue weighted by molar-refractivity contribution is 7.99. The quantitative estimate of drug-likeness (QED) is 0.350. The van der Waals surface area contributed by atoms with Crippen LogP contribution in [-0.4, -0.2) is 46.1 Å². The molecule has 0 aliphatic heterocycles. The maximum Gasteiger partial charge on any atom is 0.231 e. The molecule has 174 valence electrons. The number of hydrogen-bond acceptors (Lipinski definition) is 7. The molecule has 0 aliphatic carbocycles. The molecular formula is C25H25N5O3S. The molecule has 0 saturated heterocycles. The zero-order valence-electron chi connectivity index (χ0n) is 18.9. The number of amides is 1. The molecule has 1 aromatic heterocycles. The van der Waals surface area contributed by atoms with Crippen molar-refractivity contribution < 1.29 is 14.3 Å². The second kappa shape index (κ2) is 11.3. The van der Waals surface area contributed by atoms with Crippen molar-refractivity contribution in [2.75, 3.05) is 20.0 Å². The van der Waals surface area contributed by atoms with E-state index in [1.165, 1.54) is 11.8 Å². The summed E-state index contributed by atoms with van der Waals surface area (Å²) in [6, 6.07) is 24.9. The number of nitrogens with zero attached hydrogens (tertiary/aromatic N) is 4. The fourth-order valence-corrected chi connectivity index (χ4v) is 4.13. The molecule has 0 radical (unpaired) electrons. The lowest BCUT2D eigenvalue weighted by Crippen LogP contribution is -2.30. The van der Waals surface area contributed by atoms with Gasteiger partial charge in [0.25, 0.3) is 0 Å². The maximum atomic E-state index is 13.0. The van der Waals surface area contributed by atoms with Crippen LogP contribution >= 0.6 is 11.8 Å². The molecule has 0 bridgehead atoms. The molecule has 0 atom stereocenters. The lowest BCUT2D eigenvalue weighted by Gasteiger charge is -2.20. The van der Waals surface area contributed by atoms with Crippen molar-refractivity contribution in [2.45, 2.75) is 17.7 Å². The molecule has 4 rings (SSSR count). The third-order valence-corrected chi connectivity index (χ3v) is 6.17. The summed E-state index contributed by atoms with van der Waals surface area (Å²) >= 11 is 1.30. The highest BCUT2D eigenvalue weighted by atomic mass is 32.2. The first-order chi connectivity index (χ1) is 16.7. The summed E-state index contributed by atoms with van der Waals surface area (Å²) in [5.74, 6) is 1.56. The Bertz CT molecular complexity index is 1150. The highest BCUT2D eigenvalue weighted by Crippen LogP contribution is 2.26. The van der Waals surface area contributed by atoms with E-state index in [-0.39, 0.29) is 17.7 Å². The molecule has 9 heteroatoms. The van der Waals surface area contributed by atoms with Crippen molar-refractivity contribution in [2.24, 2.45) is 0 Å². The average Bonchev–Trinajstić information content (AvgIpc) is 3.33. The van der Waals surface area contributed by atoms with E-state index in [2.05, 4.69) is 20.8 Å². The summed E-state index contributed by atoms with van der Waals surface area (Å²) in [5, 5.41) is 15.6. The summed E-state index contributed by atoms with van der Waals surface area (Å²) in [4.78, 5) is 13.0. The molecule has 3 aromatic carbocycles. The highest BCUT2D eigenvalue weighted by Gasteiger charge is 2.19. The van der Waals surface area contributed by atoms with Crippen LogP contribution in [0.4, 0.5) is 0 Å². The van der Waals surface area contributed by atoms with Gasteiger partial charge in [-0.3, -0.25) is 4.79 Å². The molecule has 0 fully saturated rings. The number of carbonyl (C=O) groups is 1. The van der Waals surface area contributed by atoms with E-state index in [0.717, 1.165) is 28.2 Å². The van der Waals surface area contributed by atoms with E-state index in [4.69, 9.17) is 9.47 Å². The number of benzene rings is 3. The lowest BCUT2D eigenvalue weighted by atomic mass is 9.98. The summed E-state index contributed by atoms with van der Waals surface area (Å²) in [6.45, 7) is 0.540. The molecule has 0 aliphatic rings. The molecule has 8 nitrogen and oxygen atoms in total. The first-order valence-corrected chi connectivity index (χ1v) is 11.6. The molecule has 1 amide bonds. The van der Waals surface area contributed by atoms with Crippen molar-refractivity contribution in [3.63, 3.8) is 0 Å². The Morgan fingerprint density at radius 1 is 0.912 bits per heavy atom. The van der Waals surface area contributed by atoms with Crippen LogP contribution in [0.15, 0.2) is 84.0 Å². The Hall–Kier alpha value is -3.85. The van der Waals surface area contributed by atoms with Crippen molar-refractivity contribution in [1.82, 2.24) is 25.5 Å². The van der Waals surface area contributed by atoms with Crippen LogP contribution in [0.2, 0.25) is 0 Å². The Morgan fingerprint density at radius 2 is 1.50 bits per heavy atom. The third-order valence-electron chi connectivity index (χ3n) is 5.21. The van der Waals surface area contributed by atoms with Crippen LogP contribution < -0.4 is 14.8 Å². The van der Waals surface area contributed by atoms with E-state index in [1.54, 1.807) is 18.9 Å². The number of tetrazole rings is 1. The molecule has 4 aromatic rings. The van der Waals surface area contributed by atoms with Crippen molar-refractivity contribution in [3.05, 3.63) is 95.6 Å². The number of methoxy groups -OCH3 is 2. The van der Waals surface area contributed by atoms with E-state index in [9.17, 15) is 4.79 Å². The van der Waals surface area contributed by atoms with Gasteiger partial charge < -0.3 is 14.8 Å². The first kappa shape index (κ1) is 23.3. The number of rotatable bonds is 10. The van der Waals surface area contributed by atoms with E-state index >= 15 is 0 Å². The third kappa shape index (κ3) is 5.93. The van der Waals surface area contributed by atoms with Crippen molar-refractivity contribution in [3.8, 4) is 11.5 Å². The second-order valence-electron chi connectivity index (χ2n) is 7.44. The summed E-state index contributed by atoms with van der Waals surface area (Å²) in [5.41, 5.74) is 2.97. The zero-order valence-corrected chi connectivity index (χ0v) is 19.7. The van der Waals surface area contributed by atoms with E-state index < -0.39 is 0 Å². The standard InChI is InChI=1S/C25H25N5O3S/c1-32-21-12-8-19(9-13-21)24(20-10-14-22(33-2)15-11-20)26-23(31)17-34-25-27-28-29-30(25)16-18-6-4-3-5-7-18/h3-15,24H,16-17H2,1-2H3,(H,26,31). The number of nitrogens with one attached hydrogen (secondary N) is 1. The number of thioether (sulfide) groups is 1. The molecular weight excluding hydrogens is 450 g/mol. The smallest absolute Gasteiger partial charge is 0.231 e. The first-order valence-electron chi connectivity index (χ1n) is 10.7. The van der Waals surface area contributed by atoms with Gasteiger partial charge in [0.15, 0.2) is 0 Å². The summed E-state index contributed by atoms with van der Waals surface area (Å²) < 4.78 is 12.2. The number of hydrogen-bond donors (Lipinski definition) is 1. The average molecular weight is 476 g/mol. The van der Waals surface area contributed by atoms with Crippen LogP contribution in [0.3, 0.4) is 0 Å². The van der Waals surface area contributed by atoms with Gasteiger partial charge >= 0.3 is 0 Å². The van der Waals surface area contributed by atoms with Crippen LogP contribution in [0, 0.1) is 0 Å². The van der Waals surface area contributed by atoms with Gasteiger partial charge in [-0.15, -0.1) is 5.10 Å². The van der Waals surface area contributed by atoms with Gasteiger partial charge in [0.05, 0.1) is 32.6 Å². The summed E-state index contributed by atoms with van der Waals surface area (Å²) in [6.07, 6.45) is 0. The molecule has 0 saturated carbocycles. The number of carbonyl (C=O) groups excluding carboxylic acids is 1. The molecule has 34 heavy (non-hydrogen) atoms. The van der Waals surface area contributed by atoms with E-state index in [0.29, 0.717) is 11.7 Å². The minimum absolute atomic E-state index is 0.129. The predicted octanol–water partition coefficient (Wildman–Crippen LogP) is 3.74. The Labute approximate surface area is 202 Å². The van der Waals surface area contributed by atoms with Gasteiger partial charge in [0.2, 0.25) is 11.1 Å². The number of ether oxygens (including phenoxy) is 2. The second-order valence-corrected chi connectivity index (χ2v) is 8.38. The van der Waals surface area contributed by atoms with Gasteiger partial charge in [0.1, 0.15) is 11.5 Å². The van der Waals surface area contributed by atoms with Crippen LogP contribution in [-0.2, 0) is 11.3 Å². The monoisotopic (exact) mass is 475 g/mol. The lowest BCUT2D eigenvalue weighted by molar-refractivity contribution is -0.119. The van der Waals surface area contributed by atoms with Crippen LogP contribution in [0.5, 0.6) is 11.5 Å². The molecule has 1 heterocycles. The van der Waals surface area contributed by atoms with Gasteiger partial charge in [0, 0.05) is 0 Å². The fourth-order valence-electron chi connectivity index (χ4n) is 3.44. The minimum atomic E-state index is -0.328. The van der Waals surface area contributed by atoms with Gasteiger partial charge in [-0.05, 0) is 51.4 Å². The van der Waals surface area contributed by atoms with Gasteiger partial charge in [-0.2, -0.15) is 0 Å². The zero-order chi connectivity index (χ0) is 23.8. The maximum absolute atomic E-state index is 13.0. The largest absolute Gasteiger partial charge is 0.497 e. The van der Waals surface area contributed by atoms with Gasteiger partial charge in [-0.1, -0.05) is 66.4 Å². The Balaban J connectivity index is 1.46. The normalized spacial score (nSPS) is 10.8. The molecule has 0 spiro atoms. The summed E-state index contributed by atoms with van der Waals surface area (Å²) in [7, 11) is 3.25. The molecule has 0 unspecified atom stereocenters. The van der Waals surface area contributed by atoms with Crippen LogP contribution in [0.25, 0.3) is 0 Å². The number of aromatic nitrogens is 4. The SMILES string of the molecule is COc1ccc(C(NC(=O)CSc2nnnn2Cc2ccccc2)c2ccc(OC)cc2)cc1. The topological polar surface area (TPSA) is 91.2 Å². The van der Waals surface area contributed by atoms with Gasteiger partial charge in [-0.25, -0.2) is 4.68 Å². The molecule has 1 N–H and O–H groups in total. The van der Waals surface area contributed by atoms with Crippen molar-refractivity contribution >= 4 is 17.7 Å². The Kier molecular flexibility index (Phi) is 7.77.